The summed E-state index contributed by atoms with van der Waals surface area (Å²) in [5.41, 5.74) is 0.406. The van der Waals surface area contributed by atoms with Gasteiger partial charge >= 0.3 is 0 Å². The molecule has 2 heterocycles. The summed E-state index contributed by atoms with van der Waals surface area (Å²) in [6.45, 7) is 4.14. The van der Waals surface area contributed by atoms with Crippen molar-refractivity contribution in [1.29, 1.82) is 0 Å². The molecule has 0 saturated carbocycles. The minimum absolute atomic E-state index is 0.0943. The van der Waals surface area contributed by atoms with Crippen LogP contribution >= 0.6 is 27.3 Å². The number of amides is 1. The molecular weight excluding hydrogens is 379 g/mol. The van der Waals surface area contributed by atoms with E-state index in [1.807, 2.05) is 4.90 Å². The van der Waals surface area contributed by atoms with E-state index >= 15 is 0 Å². The van der Waals surface area contributed by atoms with Crippen molar-refractivity contribution in [2.75, 3.05) is 32.7 Å². The number of rotatable bonds is 4. The lowest BCUT2D eigenvalue weighted by atomic mass is 10.1. The van der Waals surface area contributed by atoms with Gasteiger partial charge in [-0.25, -0.2) is 4.39 Å². The van der Waals surface area contributed by atoms with Crippen LogP contribution in [0.4, 0.5) is 4.39 Å². The molecule has 2 aromatic rings. The number of carbonyl (C=O) groups excluding carboxylic acids is 1. The van der Waals surface area contributed by atoms with Crippen LogP contribution in [0.5, 0.6) is 0 Å². The number of nitrogens with zero attached hydrogens (tertiary/aromatic N) is 2. The van der Waals surface area contributed by atoms with Crippen LogP contribution in [-0.2, 0) is 6.42 Å². The van der Waals surface area contributed by atoms with Gasteiger partial charge in [0.05, 0.1) is 0 Å². The molecule has 1 aliphatic rings. The second kappa shape index (κ2) is 7.55. The van der Waals surface area contributed by atoms with Crippen molar-refractivity contribution in [2.24, 2.45) is 0 Å². The molecule has 23 heavy (non-hydrogen) atoms. The maximum absolute atomic E-state index is 13.4. The van der Waals surface area contributed by atoms with Crippen molar-refractivity contribution >= 4 is 33.2 Å². The van der Waals surface area contributed by atoms with Crippen molar-refractivity contribution in [1.82, 2.24) is 9.80 Å². The average molecular weight is 397 g/mol. The number of hydrogen-bond donors (Lipinski definition) is 0. The molecule has 6 heteroatoms. The summed E-state index contributed by atoms with van der Waals surface area (Å²) in [6.07, 6.45) is 1.06. The first-order chi connectivity index (χ1) is 11.1. The van der Waals surface area contributed by atoms with E-state index in [0.29, 0.717) is 23.1 Å². The number of hydrogen-bond acceptors (Lipinski definition) is 3. The lowest BCUT2D eigenvalue weighted by Crippen LogP contribution is -2.49. The summed E-state index contributed by atoms with van der Waals surface area (Å²) in [7, 11) is 0. The molecule has 1 amide bonds. The van der Waals surface area contributed by atoms with Crippen molar-refractivity contribution < 1.29 is 9.18 Å². The Morgan fingerprint density at radius 1 is 1.22 bits per heavy atom. The molecule has 0 atom stereocenters. The fourth-order valence-corrected chi connectivity index (χ4v) is 3.92. The Hall–Kier alpha value is -1.24. The highest BCUT2D eigenvalue weighted by Gasteiger charge is 2.22. The zero-order valence-corrected chi connectivity index (χ0v) is 15.1. The first-order valence-electron chi connectivity index (χ1n) is 7.62. The number of halogens is 2. The van der Waals surface area contributed by atoms with Gasteiger partial charge in [-0.15, -0.1) is 11.3 Å². The highest BCUT2D eigenvalue weighted by atomic mass is 79.9. The van der Waals surface area contributed by atoms with Crippen LogP contribution in [0.3, 0.4) is 0 Å². The fraction of sp³-hybridized carbons (Fsp3) is 0.353. The van der Waals surface area contributed by atoms with Crippen LogP contribution in [-0.4, -0.2) is 48.4 Å². The van der Waals surface area contributed by atoms with Gasteiger partial charge in [0.25, 0.3) is 5.91 Å². The van der Waals surface area contributed by atoms with Gasteiger partial charge in [0.1, 0.15) is 5.82 Å². The van der Waals surface area contributed by atoms with Crippen molar-refractivity contribution in [2.45, 2.75) is 6.42 Å². The molecule has 1 saturated heterocycles. The lowest BCUT2D eigenvalue weighted by molar-refractivity contribution is 0.0638. The maximum atomic E-state index is 13.4. The first-order valence-corrected chi connectivity index (χ1v) is 9.29. The van der Waals surface area contributed by atoms with E-state index in [1.54, 1.807) is 17.4 Å². The first kappa shape index (κ1) is 16.6. The fourth-order valence-electron chi connectivity index (χ4n) is 2.76. The van der Waals surface area contributed by atoms with Crippen LogP contribution in [0.1, 0.15) is 15.2 Å². The molecule has 1 aromatic heterocycles. The molecule has 0 N–H and O–H groups in total. The van der Waals surface area contributed by atoms with Crippen LogP contribution in [0.25, 0.3) is 0 Å². The second-order valence-electron chi connectivity index (χ2n) is 5.62. The highest BCUT2D eigenvalue weighted by Crippen LogP contribution is 2.17. The van der Waals surface area contributed by atoms with E-state index in [-0.39, 0.29) is 5.91 Å². The summed E-state index contributed by atoms with van der Waals surface area (Å²) < 4.78 is 14.0. The molecule has 3 nitrogen and oxygen atoms in total. The van der Waals surface area contributed by atoms with E-state index in [2.05, 4.69) is 38.3 Å². The summed E-state index contributed by atoms with van der Waals surface area (Å²) >= 11 is 5.02. The topological polar surface area (TPSA) is 23.6 Å². The Balaban J connectivity index is 1.52. The Kier molecular flexibility index (Phi) is 5.46. The molecule has 3 rings (SSSR count). The van der Waals surface area contributed by atoms with Gasteiger partial charge in [0.15, 0.2) is 0 Å². The predicted molar refractivity (Wildman–Crippen MR) is 94.5 cm³/mol. The summed E-state index contributed by atoms with van der Waals surface area (Å²) in [4.78, 5) is 18.1. The molecule has 0 unspecified atom stereocenters. The monoisotopic (exact) mass is 396 g/mol. The normalized spacial score (nSPS) is 15.8. The van der Waals surface area contributed by atoms with Gasteiger partial charge in [-0.2, -0.15) is 0 Å². The molecule has 1 fully saturated rings. The van der Waals surface area contributed by atoms with Gasteiger partial charge in [0.2, 0.25) is 0 Å². The zero-order valence-electron chi connectivity index (χ0n) is 12.7. The Bertz CT molecular complexity index is 649. The number of thiophene rings is 1. The Labute approximate surface area is 147 Å². The van der Waals surface area contributed by atoms with Crippen LogP contribution in [0, 0.1) is 5.82 Å². The standard InChI is InChI=1S/C17H18BrFN2OS/c18-14-10-13(11-15(19)12-14)17(22)21-7-5-20(6-8-21)4-3-16-2-1-9-23-16/h1-2,9-12H,3-8H2. The largest absolute Gasteiger partial charge is 0.336 e. The molecular formula is C17H18BrFN2OS. The quantitative estimate of drug-likeness (QED) is 0.787. The Morgan fingerprint density at radius 3 is 2.65 bits per heavy atom. The van der Waals surface area contributed by atoms with E-state index in [4.69, 9.17) is 0 Å². The van der Waals surface area contributed by atoms with Crippen molar-refractivity contribution in [3.05, 3.63) is 56.4 Å². The Morgan fingerprint density at radius 2 is 2.00 bits per heavy atom. The van der Waals surface area contributed by atoms with Gasteiger partial charge in [0, 0.05) is 47.6 Å². The predicted octanol–water partition coefficient (Wildman–Crippen LogP) is 3.65. The smallest absolute Gasteiger partial charge is 0.254 e. The number of benzene rings is 1. The van der Waals surface area contributed by atoms with Crippen molar-refractivity contribution in [3.63, 3.8) is 0 Å². The van der Waals surface area contributed by atoms with Crippen LogP contribution in [0.2, 0.25) is 0 Å². The van der Waals surface area contributed by atoms with E-state index in [0.717, 1.165) is 26.1 Å². The number of carbonyl (C=O) groups is 1. The minimum atomic E-state index is -0.391. The maximum Gasteiger partial charge on any atom is 0.254 e. The van der Waals surface area contributed by atoms with Gasteiger partial charge in [-0.3, -0.25) is 9.69 Å². The second-order valence-corrected chi connectivity index (χ2v) is 7.57. The van der Waals surface area contributed by atoms with E-state index < -0.39 is 5.82 Å². The van der Waals surface area contributed by atoms with Gasteiger partial charge in [-0.05, 0) is 36.1 Å². The lowest BCUT2D eigenvalue weighted by Gasteiger charge is -2.34. The summed E-state index contributed by atoms with van der Waals surface area (Å²) in [6, 6.07) is 8.57. The third-order valence-electron chi connectivity index (χ3n) is 4.02. The van der Waals surface area contributed by atoms with E-state index in [9.17, 15) is 9.18 Å². The number of piperazine rings is 1. The molecule has 0 radical (unpaired) electrons. The van der Waals surface area contributed by atoms with E-state index in [1.165, 1.54) is 17.0 Å². The molecule has 1 aliphatic heterocycles. The molecule has 0 spiro atoms. The summed E-state index contributed by atoms with van der Waals surface area (Å²) in [5.74, 6) is -0.486. The third-order valence-corrected chi connectivity index (χ3v) is 5.42. The van der Waals surface area contributed by atoms with Crippen molar-refractivity contribution in [3.8, 4) is 0 Å². The molecule has 122 valence electrons. The molecule has 0 bridgehead atoms. The van der Waals surface area contributed by atoms with Gasteiger partial charge < -0.3 is 4.90 Å². The zero-order chi connectivity index (χ0) is 16.2. The minimum Gasteiger partial charge on any atom is -0.336 e. The molecule has 0 aliphatic carbocycles. The van der Waals surface area contributed by atoms with Crippen LogP contribution in [0.15, 0.2) is 40.2 Å². The SMILES string of the molecule is O=C(c1cc(F)cc(Br)c1)N1CCN(CCc2cccs2)CC1. The summed E-state index contributed by atoms with van der Waals surface area (Å²) in [5, 5.41) is 2.10. The average Bonchev–Trinajstić information content (AvgIpc) is 3.05. The molecule has 1 aromatic carbocycles. The highest BCUT2D eigenvalue weighted by molar-refractivity contribution is 9.10. The van der Waals surface area contributed by atoms with Crippen LogP contribution < -0.4 is 0 Å². The van der Waals surface area contributed by atoms with Gasteiger partial charge in [-0.1, -0.05) is 22.0 Å². The third kappa shape index (κ3) is 4.40.